The Balaban J connectivity index is 0.000000382. The lowest BCUT2D eigenvalue weighted by molar-refractivity contribution is 0.0223. The second-order valence-electron chi connectivity index (χ2n) is 9.82. The minimum Gasteiger partial charge on any atom is -0.504 e. The Morgan fingerprint density at radius 2 is 1.22 bits per heavy atom. The SMILES string of the molecule is C.CCCOCCOCCOS(=O)(=O)c1ccc(C)cc1.N#Cc1ccc(O)c(O)c1.N#Cc1ccc2c(c1)OCCOCCOCCO2. The molecule has 268 valence electrons. The third kappa shape index (κ3) is 17.5. The summed E-state index contributed by atoms with van der Waals surface area (Å²) < 4.78 is 60.7. The fourth-order valence-electron chi connectivity index (χ4n) is 3.59. The summed E-state index contributed by atoms with van der Waals surface area (Å²) in [6.45, 7) is 8.78. The number of hydrogen-bond acceptors (Lipinski definition) is 13. The zero-order chi connectivity index (χ0) is 35.0. The van der Waals surface area contributed by atoms with E-state index in [-0.39, 0.29) is 37.0 Å². The summed E-state index contributed by atoms with van der Waals surface area (Å²) in [5.74, 6) is 0.717. The number of phenolic OH excluding ortho intramolecular Hbond substituents is 2. The lowest BCUT2D eigenvalue weighted by atomic mass is 10.2. The van der Waals surface area contributed by atoms with Crippen LogP contribution in [-0.4, -0.2) is 91.3 Å². The molecular weight excluding hydrogens is 656 g/mol. The Bertz CT molecular complexity index is 1550. The molecule has 0 amide bonds. The van der Waals surface area contributed by atoms with E-state index in [1.807, 2.05) is 19.9 Å². The molecule has 3 aromatic rings. The molecule has 3 aromatic carbocycles. The van der Waals surface area contributed by atoms with Gasteiger partial charge in [0.15, 0.2) is 23.0 Å². The van der Waals surface area contributed by atoms with Crippen LogP contribution in [-0.2, 0) is 33.2 Å². The van der Waals surface area contributed by atoms with Gasteiger partial charge in [0.25, 0.3) is 10.1 Å². The molecule has 1 aliphatic rings. The third-order valence-corrected chi connectivity index (χ3v) is 7.34. The highest BCUT2D eigenvalue weighted by Gasteiger charge is 2.14. The van der Waals surface area contributed by atoms with Crippen molar-refractivity contribution in [3.63, 3.8) is 0 Å². The van der Waals surface area contributed by atoms with Crippen molar-refractivity contribution in [2.24, 2.45) is 0 Å². The zero-order valence-corrected chi connectivity index (χ0v) is 27.9. The molecule has 13 nitrogen and oxygen atoms in total. The van der Waals surface area contributed by atoms with E-state index < -0.39 is 10.1 Å². The van der Waals surface area contributed by atoms with Crippen LogP contribution in [0.25, 0.3) is 0 Å². The molecule has 49 heavy (non-hydrogen) atoms. The highest BCUT2D eigenvalue weighted by Crippen LogP contribution is 2.28. The first-order valence-corrected chi connectivity index (χ1v) is 16.6. The Morgan fingerprint density at radius 1 is 0.694 bits per heavy atom. The number of phenols is 2. The van der Waals surface area contributed by atoms with E-state index in [0.29, 0.717) is 82.1 Å². The molecule has 0 saturated heterocycles. The summed E-state index contributed by atoms with van der Waals surface area (Å²) in [6, 6.07) is 19.4. The zero-order valence-electron chi connectivity index (χ0n) is 27.1. The monoisotopic (exact) mass is 702 g/mol. The Hall–Kier alpha value is -4.41. The van der Waals surface area contributed by atoms with Crippen molar-refractivity contribution in [2.45, 2.75) is 32.6 Å². The molecule has 0 saturated carbocycles. The Morgan fingerprint density at radius 3 is 1.82 bits per heavy atom. The molecule has 0 spiro atoms. The van der Waals surface area contributed by atoms with E-state index in [9.17, 15) is 8.42 Å². The predicted octanol–water partition coefficient (Wildman–Crippen LogP) is 5.11. The molecule has 0 fully saturated rings. The van der Waals surface area contributed by atoms with Crippen LogP contribution in [0.15, 0.2) is 65.6 Å². The fourth-order valence-corrected chi connectivity index (χ4v) is 4.48. The number of nitrogens with zero attached hydrogens (tertiary/aromatic N) is 2. The van der Waals surface area contributed by atoms with Crippen LogP contribution in [0.4, 0.5) is 0 Å². The van der Waals surface area contributed by atoms with Gasteiger partial charge in [0.05, 0.1) is 81.0 Å². The molecule has 1 aliphatic heterocycles. The standard InChI is InChI=1S/C14H22O5S.C13H15NO4.C7H5NO2.CH4/c1-3-8-17-9-10-18-11-12-19-20(15,16)14-6-4-13(2)5-7-14;14-10-11-1-2-12-13(9-11)18-8-6-16-4-3-15-5-7-17-12;8-4-5-1-2-6(9)7(10)3-5;/h4-7H,3,8-12H2,1-2H3;1-2,9H,3-8H2;1-3,9-10H;1H4. The van der Waals surface area contributed by atoms with Gasteiger partial charge in [0, 0.05) is 18.7 Å². The minimum atomic E-state index is -3.69. The van der Waals surface area contributed by atoms with Gasteiger partial charge in [0.2, 0.25) is 0 Å². The quantitative estimate of drug-likeness (QED) is 0.161. The molecule has 0 aliphatic carbocycles. The number of ether oxygens (including phenoxy) is 6. The highest BCUT2D eigenvalue weighted by molar-refractivity contribution is 7.86. The lowest BCUT2D eigenvalue weighted by Gasteiger charge is -2.15. The molecule has 0 unspecified atom stereocenters. The van der Waals surface area contributed by atoms with Gasteiger partial charge in [-0.1, -0.05) is 32.0 Å². The molecule has 1 heterocycles. The van der Waals surface area contributed by atoms with Gasteiger partial charge in [-0.15, -0.1) is 0 Å². The maximum Gasteiger partial charge on any atom is 0.297 e. The van der Waals surface area contributed by atoms with Crippen LogP contribution in [0.1, 0.15) is 37.5 Å². The summed E-state index contributed by atoms with van der Waals surface area (Å²) in [6.07, 6.45) is 0.970. The van der Waals surface area contributed by atoms with Gasteiger partial charge >= 0.3 is 0 Å². The largest absolute Gasteiger partial charge is 0.504 e. The molecule has 0 bridgehead atoms. The average Bonchev–Trinajstić information content (AvgIpc) is 3.08. The van der Waals surface area contributed by atoms with Gasteiger partial charge in [0.1, 0.15) is 13.2 Å². The number of hydrogen-bond donors (Lipinski definition) is 2. The van der Waals surface area contributed by atoms with Crippen LogP contribution in [0.2, 0.25) is 0 Å². The predicted molar refractivity (Wildman–Crippen MR) is 181 cm³/mol. The fraction of sp³-hybridized carbons (Fsp3) is 0.429. The molecule has 2 N–H and O–H groups in total. The normalized spacial score (nSPS) is 12.8. The number of benzene rings is 3. The first-order valence-electron chi connectivity index (χ1n) is 15.2. The molecular formula is C35H46N2O11S. The van der Waals surface area contributed by atoms with Gasteiger partial charge in [-0.25, -0.2) is 0 Å². The summed E-state index contributed by atoms with van der Waals surface area (Å²) >= 11 is 0. The average molecular weight is 703 g/mol. The number of rotatable bonds is 10. The second-order valence-corrected chi connectivity index (χ2v) is 11.4. The van der Waals surface area contributed by atoms with E-state index in [0.717, 1.165) is 12.0 Å². The van der Waals surface area contributed by atoms with Gasteiger partial charge in [-0.3, -0.25) is 4.18 Å². The van der Waals surface area contributed by atoms with Gasteiger partial charge in [-0.2, -0.15) is 18.9 Å². The summed E-state index contributed by atoms with van der Waals surface area (Å²) in [7, 11) is -3.69. The van der Waals surface area contributed by atoms with Crippen LogP contribution in [0.5, 0.6) is 23.0 Å². The van der Waals surface area contributed by atoms with E-state index in [4.69, 9.17) is 53.3 Å². The molecule has 0 radical (unpaired) electrons. The number of aryl methyl sites for hydroxylation is 1. The maximum atomic E-state index is 11.8. The van der Waals surface area contributed by atoms with Crippen molar-refractivity contribution in [1.82, 2.24) is 0 Å². The van der Waals surface area contributed by atoms with Crippen LogP contribution in [0, 0.1) is 29.6 Å². The summed E-state index contributed by atoms with van der Waals surface area (Å²) in [5, 5.41) is 34.8. The summed E-state index contributed by atoms with van der Waals surface area (Å²) in [5.41, 5.74) is 1.87. The van der Waals surface area contributed by atoms with Gasteiger partial charge in [-0.05, 0) is 49.7 Å². The van der Waals surface area contributed by atoms with Crippen LogP contribution >= 0.6 is 0 Å². The molecule has 0 atom stereocenters. The minimum absolute atomic E-state index is 0. The first-order chi connectivity index (χ1) is 23.2. The van der Waals surface area contributed by atoms with Crippen molar-refractivity contribution in [3.05, 3.63) is 77.4 Å². The van der Waals surface area contributed by atoms with Crippen molar-refractivity contribution in [1.29, 1.82) is 10.5 Å². The lowest BCUT2D eigenvalue weighted by Crippen LogP contribution is -2.15. The Labute approximate surface area is 289 Å². The third-order valence-electron chi connectivity index (χ3n) is 6.02. The topological polar surface area (TPSA) is 187 Å². The van der Waals surface area contributed by atoms with Crippen LogP contribution < -0.4 is 9.47 Å². The Kier molecular flexibility index (Phi) is 21.5. The second kappa shape index (κ2) is 24.7. The number of fused-ring (bicyclic) bond motifs is 1. The smallest absolute Gasteiger partial charge is 0.297 e. The van der Waals surface area contributed by atoms with Crippen molar-refractivity contribution >= 4 is 10.1 Å². The number of aromatic hydroxyl groups is 2. The van der Waals surface area contributed by atoms with E-state index in [2.05, 4.69) is 6.07 Å². The van der Waals surface area contributed by atoms with Crippen molar-refractivity contribution in [3.8, 4) is 35.1 Å². The van der Waals surface area contributed by atoms with E-state index in [1.165, 1.54) is 30.3 Å². The van der Waals surface area contributed by atoms with Gasteiger partial charge < -0.3 is 38.6 Å². The van der Waals surface area contributed by atoms with E-state index in [1.54, 1.807) is 30.3 Å². The molecule has 14 heteroatoms. The first kappa shape index (κ1) is 42.6. The van der Waals surface area contributed by atoms with Crippen molar-refractivity contribution in [2.75, 3.05) is 72.7 Å². The summed E-state index contributed by atoms with van der Waals surface area (Å²) in [4.78, 5) is 0.161. The molecule has 4 rings (SSSR count). The maximum absolute atomic E-state index is 11.8. The highest BCUT2D eigenvalue weighted by atomic mass is 32.2. The number of nitriles is 2. The van der Waals surface area contributed by atoms with Crippen molar-refractivity contribution < 1.29 is 51.2 Å². The molecule has 0 aromatic heterocycles. The van der Waals surface area contributed by atoms with E-state index >= 15 is 0 Å². The van der Waals surface area contributed by atoms with Crippen LogP contribution in [0.3, 0.4) is 0 Å².